The van der Waals surface area contributed by atoms with Gasteiger partial charge in [-0.15, -0.1) is 0 Å². The fourth-order valence-electron chi connectivity index (χ4n) is 3.27. The number of hydrogen-bond acceptors (Lipinski definition) is 4. The predicted molar refractivity (Wildman–Crippen MR) is 67.1 cm³/mol. The molecule has 2 saturated heterocycles. The lowest BCUT2D eigenvalue weighted by atomic mass is 9.79. The number of carboxylic acids is 2. The van der Waals surface area contributed by atoms with E-state index in [0.29, 0.717) is 12.8 Å². The summed E-state index contributed by atoms with van der Waals surface area (Å²) in [4.78, 5) is 36.1. The van der Waals surface area contributed by atoms with Crippen LogP contribution >= 0.6 is 0 Å². The summed E-state index contributed by atoms with van der Waals surface area (Å²) >= 11 is 0. The largest absolute Gasteiger partial charge is 0.481 e. The zero-order valence-corrected chi connectivity index (χ0v) is 11.7. The number of hydrogen-bond donors (Lipinski definition) is 2. The van der Waals surface area contributed by atoms with Gasteiger partial charge in [-0.05, 0) is 33.6 Å². The molecule has 2 heterocycles. The van der Waals surface area contributed by atoms with Crippen LogP contribution in [0, 0.1) is 11.8 Å². The Morgan fingerprint density at radius 1 is 1.00 bits per heavy atom. The van der Waals surface area contributed by atoms with Gasteiger partial charge in [-0.1, -0.05) is 0 Å². The van der Waals surface area contributed by atoms with E-state index in [1.807, 2.05) is 0 Å². The molecule has 20 heavy (non-hydrogen) atoms. The van der Waals surface area contributed by atoms with Crippen molar-refractivity contribution in [1.82, 2.24) is 4.90 Å². The van der Waals surface area contributed by atoms with E-state index in [2.05, 4.69) is 0 Å². The molecular weight excluding hydrogens is 266 g/mol. The lowest BCUT2D eigenvalue weighted by molar-refractivity contribution is -0.154. The standard InChI is InChI=1S/C13H19NO6/c1-13(2,3)20-12(19)14-6-4-5-7(14)9(11(17)18)8(6)10(15)16/h6-9H,4-5H2,1-3H3,(H,15,16)(H,17,18). The van der Waals surface area contributed by atoms with Gasteiger partial charge < -0.3 is 19.8 Å². The van der Waals surface area contributed by atoms with Gasteiger partial charge in [0.25, 0.3) is 0 Å². The van der Waals surface area contributed by atoms with E-state index in [-0.39, 0.29) is 0 Å². The number of fused-ring (bicyclic) bond motifs is 2. The van der Waals surface area contributed by atoms with Crippen LogP contribution in [0.15, 0.2) is 0 Å². The molecule has 0 radical (unpaired) electrons. The number of aliphatic carboxylic acids is 2. The van der Waals surface area contributed by atoms with E-state index in [9.17, 15) is 24.6 Å². The maximum atomic E-state index is 12.2. The zero-order valence-electron chi connectivity index (χ0n) is 11.7. The molecule has 0 aromatic heterocycles. The van der Waals surface area contributed by atoms with Gasteiger partial charge in [-0.3, -0.25) is 9.59 Å². The minimum atomic E-state index is -1.17. The molecule has 1 amide bonds. The third-order valence-corrected chi connectivity index (χ3v) is 3.86. The van der Waals surface area contributed by atoms with Crippen LogP contribution in [0.3, 0.4) is 0 Å². The van der Waals surface area contributed by atoms with Crippen LogP contribution < -0.4 is 0 Å². The Labute approximate surface area is 116 Å². The molecule has 2 rings (SSSR count). The van der Waals surface area contributed by atoms with Gasteiger partial charge in [0.1, 0.15) is 5.60 Å². The summed E-state index contributed by atoms with van der Waals surface area (Å²) in [6.07, 6.45) is 0.384. The third-order valence-electron chi connectivity index (χ3n) is 3.86. The number of carboxylic acid groups (broad SMARTS) is 2. The number of carbonyl (C=O) groups excluding carboxylic acids is 1. The van der Waals surface area contributed by atoms with E-state index in [1.54, 1.807) is 20.8 Å². The monoisotopic (exact) mass is 285 g/mol. The average Bonchev–Trinajstić information content (AvgIpc) is 2.80. The number of rotatable bonds is 2. The van der Waals surface area contributed by atoms with Crippen LogP contribution in [-0.4, -0.2) is 50.8 Å². The first-order valence-corrected chi connectivity index (χ1v) is 6.60. The quantitative estimate of drug-likeness (QED) is 0.789. The van der Waals surface area contributed by atoms with E-state index >= 15 is 0 Å². The van der Waals surface area contributed by atoms with E-state index < -0.39 is 47.6 Å². The Bertz CT molecular complexity index is 426. The van der Waals surface area contributed by atoms with Gasteiger partial charge in [-0.2, -0.15) is 0 Å². The first kappa shape index (κ1) is 14.6. The van der Waals surface area contributed by atoms with Crippen molar-refractivity contribution in [2.45, 2.75) is 51.3 Å². The van der Waals surface area contributed by atoms with Crippen molar-refractivity contribution in [2.24, 2.45) is 11.8 Å². The summed E-state index contributed by atoms with van der Waals surface area (Å²) in [6, 6.07) is -1.18. The molecule has 7 heteroatoms. The molecular formula is C13H19NO6. The van der Waals surface area contributed by atoms with Crippen molar-refractivity contribution < 1.29 is 29.3 Å². The molecule has 0 aliphatic carbocycles. The Balaban J connectivity index is 2.27. The minimum absolute atomic E-state index is 0.505. The van der Waals surface area contributed by atoms with E-state index in [0.717, 1.165) is 0 Å². The van der Waals surface area contributed by atoms with Gasteiger partial charge in [0, 0.05) is 12.1 Å². The average molecular weight is 285 g/mol. The third kappa shape index (κ3) is 2.32. The van der Waals surface area contributed by atoms with Crippen molar-refractivity contribution in [3.63, 3.8) is 0 Å². The number of carbonyl (C=O) groups is 3. The second-order valence-electron chi connectivity index (χ2n) is 6.33. The molecule has 0 aromatic carbocycles. The van der Waals surface area contributed by atoms with Crippen molar-refractivity contribution in [1.29, 1.82) is 0 Å². The van der Waals surface area contributed by atoms with Crippen LogP contribution in [-0.2, 0) is 14.3 Å². The van der Waals surface area contributed by atoms with Crippen LogP contribution in [0.1, 0.15) is 33.6 Å². The van der Waals surface area contributed by atoms with Crippen molar-refractivity contribution >= 4 is 18.0 Å². The highest BCUT2D eigenvalue weighted by molar-refractivity contribution is 5.85. The smallest absolute Gasteiger partial charge is 0.410 e. The SMILES string of the molecule is CC(C)(C)OC(=O)N1C2CCC1C(C(=O)O)C2C(=O)O. The zero-order chi connectivity index (χ0) is 15.2. The Hall–Kier alpha value is -1.79. The summed E-state index contributed by atoms with van der Waals surface area (Å²) in [6.45, 7) is 5.14. The van der Waals surface area contributed by atoms with Crippen LogP contribution in [0.5, 0.6) is 0 Å². The molecule has 2 aliphatic rings. The van der Waals surface area contributed by atoms with Gasteiger partial charge >= 0.3 is 18.0 Å². The Morgan fingerprint density at radius 2 is 1.40 bits per heavy atom. The second kappa shape index (κ2) is 4.64. The Kier molecular flexibility index (Phi) is 3.39. The topological polar surface area (TPSA) is 104 Å². The molecule has 2 aliphatic heterocycles. The molecule has 0 spiro atoms. The first-order valence-electron chi connectivity index (χ1n) is 6.60. The lowest BCUT2D eigenvalue weighted by Gasteiger charge is -2.27. The summed E-state index contributed by atoms with van der Waals surface area (Å²) < 4.78 is 5.26. The van der Waals surface area contributed by atoms with Crippen LogP contribution in [0.4, 0.5) is 4.79 Å². The summed E-state index contributed by atoms with van der Waals surface area (Å²) in [5.41, 5.74) is -0.698. The molecule has 7 nitrogen and oxygen atoms in total. The van der Waals surface area contributed by atoms with Gasteiger partial charge in [0.15, 0.2) is 0 Å². The fraction of sp³-hybridized carbons (Fsp3) is 0.769. The summed E-state index contributed by atoms with van der Waals surface area (Å²) in [7, 11) is 0. The predicted octanol–water partition coefficient (Wildman–Crippen LogP) is 1.17. The maximum Gasteiger partial charge on any atom is 0.410 e. The van der Waals surface area contributed by atoms with Crippen molar-refractivity contribution in [2.75, 3.05) is 0 Å². The first-order chi connectivity index (χ1) is 9.13. The molecule has 2 bridgehead atoms. The summed E-state index contributed by atoms with van der Waals surface area (Å²) in [5, 5.41) is 18.5. The van der Waals surface area contributed by atoms with Gasteiger partial charge in [0.05, 0.1) is 11.8 Å². The van der Waals surface area contributed by atoms with Crippen LogP contribution in [0.25, 0.3) is 0 Å². The molecule has 4 atom stereocenters. The molecule has 0 saturated carbocycles. The second-order valence-corrected chi connectivity index (χ2v) is 6.33. The number of nitrogens with zero attached hydrogens (tertiary/aromatic N) is 1. The van der Waals surface area contributed by atoms with Gasteiger partial charge in [0.2, 0.25) is 0 Å². The van der Waals surface area contributed by atoms with E-state index in [4.69, 9.17) is 4.74 Å². The molecule has 0 aromatic rings. The normalized spacial score (nSPS) is 32.2. The minimum Gasteiger partial charge on any atom is -0.481 e. The Morgan fingerprint density at radius 3 is 1.70 bits per heavy atom. The van der Waals surface area contributed by atoms with Crippen molar-refractivity contribution in [3.8, 4) is 0 Å². The highest BCUT2D eigenvalue weighted by Gasteiger charge is 2.61. The summed E-state index contributed by atoms with van der Waals surface area (Å²) in [5.74, 6) is -4.45. The van der Waals surface area contributed by atoms with E-state index in [1.165, 1.54) is 4.90 Å². The van der Waals surface area contributed by atoms with Crippen LogP contribution in [0.2, 0.25) is 0 Å². The number of amides is 1. The molecule has 112 valence electrons. The highest BCUT2D eigenvalue weighted by Crippen LogP contribution is 2.46. The number of ether oxygens (including phenoxy) is 1. The highest BCUT2D eigenvalue weighted by atomic mass is 16.6. The molecule has 2 fully saturated rings. The lowest BCUT2D eigenvalue weighted by Crippen LogP contribution is -2.41. The fourth-order valence-corrected chi connectivity index (χ4v) is 3.27. The maximum absolute atomic E-state index is 12.2. The molecule has 2 N–H and O–H groups in total. The van der Waals surface area contributed by atoms with Crippen molar-refractivity contribution in [3.05, 3.63) is 0 Å². The van der Waals surface area contributed by atoms with Gasteiger partial charge in [-0.25, -0.2) is 4.79 Å². The molecule has 4 unspecified atom stereocenters.